The summed E-state index contributed by atoms with van der Waals surface area (Å²) < 4.78 is 13.6. The smallest absolute Gasteiger partial charge is 0.335 e. The Hall–Kier alpha value is -1.56. The number of benzene rings is 1. The number of nitrogens with one attached hydrogen (secondary N) is 1. The fraction of sp³-hybridized carbons (Fsp3) is 0.429. The molecule has 0 saturated heterocycles. The first kappa shape index (κ1) is 16.5. The second-order valence-corrected chi connectivity index (χ2v) is 5.89. The summed E-state index contributed by atoms with van der Waals surface area (Å²) in [6, 6.07) is 3.41. The van der Waals surface area contributed by atoms with Gasteiger partial charge in [0.25, 0.3) is 0 Å². The molecule has 1 aromatic carbocycles. The summed E-state index contributed by atoms with van der Waals surface area (Å²) in [4.78, 5) is 22.3. The normalized spacial score (nSPS) is 10.6. The van der Waals surface area contributed by atoms with Gasteiger partial charge in [-0.1, -0.05) is 13.8 Å². The SMILES string of the molecule is CC(C)CCSCC(=O)Nc1ccc(C(=O)O)cc1F. The molecule has 110 valence electrons. The van der Waals surface area contributed by atoms with E-state index in [-0.39, 0.29) is 22.9 Å². The lowest BCUT2D eigenvalue weighted by Gasteiger charge is -2.07. The predicted octanol–water partition coefficient (Wildman–Crippen LogP) is 3.24. The van der Waals surface area contributed by atoms with E-state index in [0.717, 1.165) is 18.2 Å². The molecule has 0 saturated carbocycles. The quantitative estimate of drug-likeness (QED) is 0.759. The molecular formula is C14H18FNO3S. The second-order valence-electron chi connectivity index (χ2n) is 4.78. The number of aromatic carboxylic acids is 1. The number of hydrogen-bond donors (Lipinski definition) is 2. The highest BCUT2D eigenvalue weighted by Gasteiger charge is 2.10. The van der Waals surface area contributed by atoms with Crippen LogP contribution >= 0.6 is 11.8 Å². The van der Waals surface area contributed by atoms with Gasteiger partial charge in [-0.05, 0) is 36.3 Å². The Morgan fingerprint density at radius 1 is 1.40 bits per heavy atom. The van der Waals surface area contributed by atoms with Crippen LogP contribution in [-0.2, 0) is 4.79 Å². The van der Waals surface area contributed by atoms with Crippen LogP contribution < -0.4 is 5.32 Å². The van der Waals surface area contributed by atoms with Crippen molar-refractivity contribution in [2.45, 2.75) is 20.3 Å². The van der Waals surface area contributed by atoms with Gasteiger partial charge in [0, 0.05) is 0 Å². The lowest BCUT2D eigenvalue weighted by Crippen LogP contribution is -2.15. The summed E-state index contributed by atoms with van der Waals surface area (Å²) in [7, 11) is 0. The second kappa shape index (κ2) is 7.89. The number of carbonyl (C=O) groups excluding carboxylic acids is 1. The molecule has 6 heteroatoms. The van der Waals surface area contributed by atoms with Crippen molar-refractivity contribution in [3.05, 3.63) is 29.6 Å². The maximum atomic E-state index is 13.6. The van der Waals surface area contributed by atoms with Crippen molar-refractivity contribution in [1.82, 2.24) is 0 Å². The Bertz CT molecular complexity index is 491. The molecule has 2 N–H and O–H groups in total. The van der Waals surface area contributed by atoms with Crippen LogP contribution in [0.3, 0.4) is 0 Å². The standard InChI is InChI=1S/C14H18FNO3S/c1-9(2)5-6-20-8-13(17)16-12-4-3-10(14(18)19)7-11(12)15/h3-4,7,9H,5-6,8H2,1-2H3,(H,16,17)(H,18,19). The molecule has 0 spiro atoms. The Kier molecular flexibility index (Phi) is 6.51. The van der Waals surface area contributed by atoms with Crippen molar-refractivity contribution in [2.24, 2.45) is 5.92 Å². The number of hydrogen-bond acceptors (Lipinski definition) is 3. The molecule has 0 fully saturated rings. The summed E-state index contributed by atoms with van der Waals surface area (Å²) in [6.45, 7) is 4.22. The third kappa shape index (κ3) is 5.61. The minimum absolute atomic E-state index is 0.00413. The maximum absolute atomic E-state index is 13.6. The molecule has 0 unspecified atom stereocenters. The van der Waals surface area contributed by atoms with E-state index in [1.807, 2.05) is 0 Å². The van der Waals surface area contributed by atoms with Crippen LogP contribution in [0.4, 0.5) is 10.1 Å². The monoisotopic (exact) mass is 299 g/mol. The molecule has 20 heavy (non-hydrogen) atoms. The van der Waals surface area contributed by atoms with Crippen molar-refractivity contribution in [1.29, 1.82) is 0 Å². The van der Waals surface area contributed by atoms with Crippen molar-refractivity contribution in [3.8, 4) is 0 Å². The largest absolute Gasteiger partial charge is 0.478 e. The first-order valence-electron chi connectivity index (χ1n) is 6.30. The molecule has 1 amide bonds. The molecule has 1 rings (SSSR count). The Morgan fingerprint density at radius 2 is 2.10 bits per heavy atom. The average molecular weight is 299 g/mol. The van der Waals surface area contributed by atoms with Crippen molar-refractivity contribution in [3.63, 3.8) is 0 Å². The van der Waals surface area contributed by atoms with E-state index in [9.17, 15) is 14.0 Å². The predicted molar refractivity (Wildman–Crippen MR) is 78.8 cm³/mol. The molecular weight excluding hydrogens is 281 g/mol. The fourth-order valence-electron chi connectivity index (χ4n) is 1.42. The number of carboxylic acids is 1. The molecule has 0 bridgehead atoms. The molecule has 1 aromatic rings. The average Bonchev–Trinajstić information content (AvgIpc) is 2.36. The lowest BCUT2D eigenvalue weighted by atomic mass is 10.2. The molecule has 4 nitrogen and oxygen atoms in total. The van der Waals surface area contributed by atoms with Gasteiger partial charge in [0.15, 0.2) is 0 Å². The Balaban J connectivity index is 2.48. The molecule has 0 aromatic heterocycles. The summed E-state index contributed by atoms with van der Waals surface area (Å²) in [5.41, 5.74) is -0.142. The zero-order chi connectivity index (χ0) is 15.1. The minimum Gasteiger partial charge on any atom is -0.478 e. The summed E-state index contributed by atoms with van der Waals surface area (Å²) in [6.07, 6.45) is 1.03. The third-order valence-electron chi connectivity index (χ3n) is 2.56. The van der Waals surface area contributed by atoms with Crippen molar-refractivity contribution >= 4 is 29.3 Å². The van der Waals surface area contributed by atoms with Gasteiger partial charge >= 0.3 is 5.97 Å². The summed E-state index contributed by atoms with van der Waals surface area (Å²) >= 11 is 1.49. The topological polar surface area (TPSA) is 66.4 Å². The van der Waals surface area contributed by atoms with Gasteiger partial charge in [0.1, 0.15) is 5.82 Å². The van der Waals surface area contributed by atoms with Crippen LogP contribution in [-0.4, -0.2) is 28.5 Å². The van der Waals surface area contributed by atoms with Gasteiger partial charge in [-0.25, -0.2) is 9.18 Å². The van der Waals surface area contributed by atoms with Crippen LogP contribution in [0, 0.1) is 11.7 Å². The number of rotatable bonds is 7. The zero-order valence-corrected chi connectivity index (χ0v) is 12.3. The summed E-state index contributed by atoms with van der Waals surface area (Å²) in [5, 5.41) is 11.1. The fourth-order valence-corrected chi connectivity index (χ4v) is 2.46. The first-order chi connectivity index (χ1) is 9.40. The lowest BCUT2D eigenvalue weighted by molar-refractivity contribution is -0.113. The Labute approximate surface area is 121 Å². The van der Waals surface area contributed by atoms with Crippen LogP contribution in [0.25, 0.3) is 0 Å². The summed E-state index contributed by atoms with van der Waals surface area (Å²) in [5.74, 6) is -0.512. The van der Waals surface area contributed by atoms with E-state index in [4.69, 9.17) is 5.11 Å². The molecule has 0 atom stereocenters. The van der Waals surface area contributed by atoms with E-state index in [2.05, 4.69) is 19.2 Å². The number of carbonyl (C=O) groups is 2. The van der Waals surface area contributed by atoms with Crippen LogP contribution in [0.5, 0.6) is 0 Å². The molecule has 0 aliphatic heterocycles. The van der Waals surface area contributed by atoms with Gasteiger partial charge in [0.2, 0.25) is 5.91 Å². The molecule has 0 aliphatic carbocycles. The van der Waals surface area contributed by atoms with Gasteiger partial charge in [-0.3, -0.25) is 4.79 Å². The highest BCUT2D eigenvalue weighted by atomic mass is 32.2. The number of thioether (sulfide) groups is 1. The third-order valence-corrected chi connectivity index (χ3v) is 3.55. The maximum Gasteiger partial charge on any atom is 0.335 e. The zero-order valence-electron chi connectivity index (χ0n) is 11.5. The van der Waals surface area contributed by atoms with Gasteiger partial charge < -0.3 is 10.4 Å². The van der Waals surface area contributed by atoms with Crippen LogP contribution in [0.15, 0.2) is 18.2 Å². The van der Waals surface area contributed by atoms with E-state index < -0.39 is 11.8 Å². The highest BCUT2D eigenvalue weighted by molar-refractivity contribution is 7.99. The van der Waals surface area contributed by atoms with E-state index in [1.54, 1.807) is 0 Å². The van der Waals surface area contributed by atoms with Gasteiger partial charge in [0.05, 0.1) is 17.0 Å². The van der Waals surface area contributed by atoms with Crippen LogP contribution in [0.1, 0.15) is 30.6 Å². The van der Waals surface area contributed by atoms with Crippen molar-refractivity contribution in [2.75, 3.05) is 16.8 Å². The van der Waals surface area contributed by atoms with Crippen molar-refractivity contribution < 1.29 is 19.1 Å². The number of halogens is 1. The number of amides is 1. The number of anilines is 1. The molecule has 0 aliphatic rings. The van der Waals surface area contributed by atoms with Gasteiger partial charge in [-0.15, -0.1) is 0 Å². The molecule has 0 radical (unpaired) electrons. The Morgan fingerprint density at radius 3 is 2.65 bits per heavy atom. The minimum atomic E-state index is -1.20. The van der Waals surface area contributed by atoms with E-state index >= 15 is 0 Å². The number of carboxylic acid groups (broad SMARTS) is 1. The molecule has 0 heterocycles. The van der Waals surface area contributed by atoms with Gasteiger partial charge in [-0.2, -0.15) is 11.8 Å². The van der Waals surface area contributed by atoms with E-state index in [1.165, 1.54) is 23.9 Å². The first-order valence-corrected chi connectivity index (χ1v) is 7.46. The van der Waals surface area contributed by atoms with Crippen LogP contribution in [0.2, 0.25) is 0 Å². The van der Waals surface area contributed by atoms with E-state index in [0.29, 0.717) is 5.92 Å². The highest BCUT2D eigenvalue weighted by Crippen LogP contribution is 2.16.